The number of amides is 1. The topological polar surface area (TPSA) is 62.5 Å². The van der Waals surface area contributed by atoms with Crippen LogP contribution in [-0.2, 0) is 0 Å². The molecule has 0 aliphatic heterocycles. The van der Waals surface area contributed by atoms with Crippen LogP contribution in [0.3, 0.4) is 0 Å². The molecule has 0 saturated carbocycles. The highest BCUT2D eigenvalue weighted by atomic mass is 16.3. The number of nitrogens with one attached hydrogen (secondary N) is 1. The third-order valence-corrected chi connectivity index (χ3v) is 3.29. The quantitative estimate of drug-likeness (QED) is 0.844. The highest BCUT2D eigenvalue weighted by Gasteiger charge is 2.21. The monoisotopic (exact) mass is 239 g/mol. The summed E-state index contributed by atoms with van der Waals surface area (Å²) in [6.07, 6.45) is 0. The van der Waals surface area contributed by atoms with E-state index < -0.39 is 0 Å². The van der Waals surface area contributed by atoms with Crippen molar-refractivity contribution in [1.29, 1.82) is 0 Å². The third-order valence-electron chi connectivity index (χ3n) is 3.29. The van der Waals surface area contributed by atoms with E-state index in [1.807, 2.05) is 27.7 Å². The standard InChI is InChI=1S/C13H21NO3/c1-7(6-15)9(3)14-13(16)12-8(2)10(4)17-11(12)5/h7,9,15H,6H2,1-5H3,(H,14,16). The molecule has 1 amide bonds. The van der Waals surface area contributed by atoms with Crippen molar-refractivity contribution >= 4 is 5.91 Å². The molecule has 2 unspecified atom stereocenters. The number of furan rings is 1. The van der Waals surface area contributed by atoms with Crippen LogP contribution in [0.15, 0.2) is 4.42 Å². The van der Waals surface area contributed by atoms with Crippen molar-refractivity contribution in [2.45, 2.75) is 40.7 Å². The van der Waals surface area contributed by atoms with Gasteiger partial charge in [-0.25, -0.2) is 0 Å². The molecule has 0 bridgehead atoms. The first-order valence-electron chi connectivity index (χ1n) is 5.86. The molecule has 1 rings (SSSR count). The average Bonchev–Trinajstić information content (AvgIpc) is 2.51. The lowest BCUT2D eigenvalue weighted by Gasteiger charge is -2.19. The lowest BCUT2D eigenvalue weighted by molar-refractivity contribution is 0.0914. The van der Waals surface area contributed by atoms with Crippen molar-refractivity contribution in [1.82, 2.24) is 5.32 Å². The summed E-state index contributed by atoms with van der Waals surface area (Å²) in [7, 11) is 0. The van der Waals surface area contributed by atoms with E-state index in [4.69, 9.17) is 9.52 Å². The van der Waals surface area contributed by atoms with E-state index in [2.05, 4.69) is 5.32 Å². The molecule has 0 aliphatic rings. The first-order valence-corrected chi connectivity index (χ1v) is 5.86. The van der Waals surface area contributed by atoms with Crippen LogP contribution in [0.1, 0.15) is 41.3 Å². The van der Waals surface area contributed by atoms with Gasteiger partial charge in [0.1, 0.15) is 11.5 Å². The number of carbonyl (C=O) groups excluding carboxylic acids is 1. The number of aliphatic hydroxyl groups is 1. The normalized spacial score (nSPS) is 14.5. The van der Waals surface area contributed by atoms with Crippen LogP contribution < -0.4 is 5.32 Å². The van der Waals surface area contributed by atoms with Gasteiger partial charge in [0, 0.05) is 18.2 Å². The third kappa shape index (κ3) is 2.88. The van der Waals surface area contributed by atoms with Gasteiger partial charge in [-0.05, 0) is 33.6 Å². The number of aliphatic hydroxyl groups excluding tert-OH is 1. The van der Waals surface area contributed by atoms with Gasteiger partial charge in [0.25, 0.3) is 5.91 Å². The van der Waals surface area contributed by atoms with Gasteiger partial charge in [-0.3, -0.25) is 4.79 Å². The number of rotatable bonds is 4. The molecule has 0 aliphatic carbocycles. The molecule has 1 aromatic rings. The minimum atomic E-state index is -0.135. The van der Waals surface area contributed by atoms with Crippen LogP contribution >= 0.6 is 0 Å². The Kier molecular flexibility index (Phi) is 4.34. The maximum absolute atomic E-state index is 12.1. The second-order valence-corrected chi connectivity index (χ2v) is 4.64. The zero-order valence-corrected chi connectivity index (χ0v) is 11.1. The van der Waals surface area contributed by atoms with E-state index in [9.17, 15) is 4.79 Å². The Morgan fingerprint density at radius 3 is 2.29 bits per heavy atom. The summed E-state index contributed by atoms with van der Waals surface area (Å²) < 4.78 is 5.42. The number of aryl methyl sites for hydroxylation is 2. The fourth-order valence-corrected chi connectivity index (χ4v) is 1.71. The predicted molar refractivity (Wildman–Crippen MR) is 66.1 cm³/mol. The van der Waals surface area contributed by atoms with Crippen LogP contribution in [-0.4, -0.2) is 23.7 Å². The molecule has 1 aromatic heterocycles. The van der Waals surface area contributed by atoms with E-state index >= 15 is 0 Å². The predicted octanol–water partition coefficient (Wildman–Crippen LogP) is 1.95. The number of hydrogen-bond acceptors (Lipinski definition) is 3. The summed E-state index contributed by atoms with van der Waals surface area (Å²) in [6, 6.07) is -0.0680. The first-order chi connectivity index (χ1) is 7.88. The number of hydrogen-bond donors (Lipinski definition) is 2. The zero-order chi connectivity index (χ0) is 13.2. The molecule has 0 saturated heterocycles. The maximum Gasteiger partial charge on any atom is 0.255 e. The van der Waals surface area contributed by atoms with E-state index in [0.29, 0.717) is 11.3 Å². The van der Waals surface area contributed by atoms with Gasteiger partial charge >= 0.3 is 0 Å². The summed E-state index contributed by atoms with van der Waals surface area (Å²) >= 11 is 0. The molecule has 0 aromatic carbocycles. The SMILES string of the molecule is Cc1oc(C)c(C(=O)NC(C)C(C)CO)c1C. The Bertz CT molecular complexity index is 409. The zero-order valence-electron chi connectivity index (χ0n) is 11.1. The minimum Gasteiger partial charge on any atom is -0.466 e. The summed E-state index contributed by atoms with van der Waals surface area (Å²) in [4.78, 5) is 12.1. The Hall–Kier alpha value is -1.29. The lowest BCUT2D eigenvalue weighted by Crippen LogP contribution is -2.38. The summed E-state index contributed by atoms with van der Waals surface area (Å²) in [5.41, 5.74) is 1.49. The molecular weight excluding hydrogens is 218 g/mol. The molecule has 0 fully saturated rings. The average molecular weight is 239 g/mol. The smallest absolute Gasteiger partial charge is 0.255 e. The van der Waals surface area contributed by atoms with Crippen LogP contribution in [0.5, 0.6) is 0 Å². The van der Waals surface area contributed by atoms with E-state index in [1.54, 1.807) is 6.92 Å². The van der Waals surface area contributed by atoms with E-state index in [0.717, 1.165) is 11.3 Å². The van der Waals surface area contributed by atoms with Crippen molar-refractivity contribution in [3.8, 4) is 0 Å². The van der Waals surface area contributed by atoms with Gasteiger partial charge in [0.2, 0.25) is 0 Å². The van der Waals surface area contributed by atoms with Crippen molar-refractivity contribution < 1.29 is 14.3 Å². The summed E-state index contributed by atoms with van der Waals surface area (Å²) in [5.74, 6) is 1.31. The molecule has 96 valence electrons. The Morgan fingerprint density at radius 1 is 1.29 bits per heavy atom. The molecular formula is C13H21NO3. The lowest BCUT2D eigenvalue weighted by atomic mass is 10.0. The minimum absolute atomic E-state index is 0.0348. The van der Waals surface area contributed by atoms with Gasteiger partial charge < -0.3 is 14.8 Å². The Morgan fingerprint density at radius 2 is 1.88 bits per heavy atom. The molecule has 1 heterocycles. The Labute approximate surface area is 102 Å². The molecule has 0 spiro atoms. The number of carbonyl (C=O) groups is 1. The van der Waals surface area contributed by atoms with Crippen LogP contribution in [0.4, 0.5) is 0 Å². The molecule has 0 radical (unpaired) electrons. The molecule has 2 N–H and O–H groups in total. The second kappa shape index (κ2) is 5.36. The van der Waals surface area contributed by atoms with Crippen LogP contribution in [0.2, 0.25) is 0 Å². The second-order valence-electron chi connectivity index (χ2n) is 4.64. The Balaban J connectivity index is 2.83. The molecule has 4 nitrogen and oxygen atoms in total. The fourth-order valence-electron chi connectivity index (χ4n) is 1.71. The van der Waals surface area contributed by atoms with E-state index in [1.165, 1.54) is 0 Å². The summed E-state index contributed by atoms with van der Waals surface area (Å²) in [6.45, 7) is 9.35. The summed E-state index contributed by atoms with van der Waals surface area (Å²) in [5, 5.41) is 11.9. The van der Waals surface area contributed by atoms with E-state index in [-0.39, 0.29) is 24.5 Å². The van der Waals surface area contributed by atoms with Gasteiger partial charge in [-0.2, -0.15) is 0 Å². The highest BCUT2D eigenvalue weighted by molar-refractivity contribution is 5.97. The van der Waals surface area contributed by atoms with Gasteiger partial charge in [-0.1, -0.05) is 6.92 Å². The van der Waals surface area contributed by atoms with Crippen LogP contribution in [0, 0.1) is 26.7 Å². The molecule has 17 heavy (non-hydrogen) atoms. The van der Waals surface area contributed by atoms with Gasteiger partial charge in [-0.15, -0.1) is 0 Å². The van der Waals surface area contributed by atoms with Gasteiger partial charge in [0.05, 0.1) is 5.56 Å². The largest absolute Gasteiger partial charge is 0.466 e. The highest BCUT2D eigenvalue weighted by Crippen LogP contribution is 2.20. The molecule has 2 atom stereocenters. The van der Waals surface area contributed by atoms with Crippen LogP contribution in [0.25, 0.3) is 0 Å². The van der Waals surface area contributed by atoms with Crippen molar-refractivity contribution in [3.05, 3.63) is 22.6 Å². The fraction of sp³-hybridized carbons (Fsp3) is 0.615. The van der Waals surface area contributed by atoms with Crippen molar-refractivity contribution in [3.63, 3.8) is 0 Å². The van der Waals surface area contributed by atoms with Gasteiger partial charge in [0.15, 0.2) is 0 Å². The van der Waals surface area contributed by atoms with Crippen molar-refractivity contribution in [2.24, 2.45) is 5.92 Å². The first kappa shape index (κ1) is 13.8. The van der Waals surface area contributed by atoms with Crippen molar-refractivity contribution in [2.75, 3.05) is 6.61 Å². The molecule has 4 heteroatoms. The maximum atomic E-state index is 12.1.